The van der Waals surface area contributed by atoms with Crippen LogP contribution in [0, 0.1) is 0 Å². The number of hydrogen-bond donors (Lipinski definition) is 0. The second-order valence-corrected chi connectivity index (χ2v) is 4.93. The molecule has 1 aliphatic rings. The van der Waals surface area contributed by atoms with Crippen LogP contribution >= 0.6 is 0 Å². The number of pyridine rings is 1. The van der Waals surface area contributed by atoms with Gasteiger partial charge >= 0.3 is 0 Å². The predicted molar refractivity (Wildman–Crippen MR) is 79.1 cm³/mol. The third kappa shape index (κ3) is 2.75. The molecule has 21 heavy (non-hydrogen) atoms. The molecule has 0 amide bonds. The molecule has 0 saturated carbocycles. The Morgan fingerprint density at radius 1 is 1.19 bits per heavy atom. The summed E-state index contributed by atoms with van der Waals surface area (Å²) in [5.74, 6) is 1.34. The zero-order chi connectivity index (χ0) is 14.7. The molecule has 1 aromatic heterocycles. The van der Waals surface area contributed by atoms with E-state index in [1.165, 1.54) is 0 Å². The molecular weight excluding hydrogens is 266 g/mol. The molecule has 0 unspecified atom stereocenters. The molecule has 4 heteroatoms. The first-order valence-corrected chi connectivity index (χ1v) is 7.17. The highest BCUT2D eigenvalue weighted by Crippen LogP contribution is 2.31. The minimum absolute atomic E-state index is 0.00935. The van der Waals surface area contributed by atoms with Crippen LogP contribution in [-0.2, 0) is 6.42 Å². The molecule has 0 radical (unpaired) electrons. The van der Waals surface area contributed by atoms with Crippen molar-refractivity contribution >= 4 is 5.78 Å². The zero-order valence-corrected chi connectivity index (χ0v) is 12.0. The predicted octanol–water partition coefficient (Wildman–Crippen LogP) is 3.04. The van der Waals surface area contributed by atoms with Gasteiger partial charge in [-0.3, -0.25) is 9.78 Å². The number of ketones is 1. The van der Waals surface area contributed by atoms with E-state index in [0.717, 1.165) is 18.4 Å². The molecule has 2 heterocycles. The first-order chi connectivity index (χ1) is 10.3. The van der Waals surface area contributed by atoms with Crippen molar-refractivity contribution in [1.29, 1.82) is 0 Å². The molecule has 0 fully saturated rings. The van der Waals surface area contributed by atoms with Crippen LogP contribution < -0.4 is 9.47 Å². The highest BCUT2D eigenvalue weighted by Gasteiger charge is 2.17. The molecule has 4 nitrogen and oxygen atoms in total. The number of carbonyl (C=O) groups excluding carboxylic acids is 1. The smallest absolute Gasteiger partial charge is 0.193 e. The standard InChI is InChI=1S/C17H17NO3/c1-2-12-11-18-7-6-14(12)17(19)13-4-5-15-16(10-13)21-9-3-8-20-15/h4-7,10-11H,2-3,8-9H2,1H3. The Kier molecular flexibility index (Phi) is 3.86. The lowest BCUT2D eigenvalue weighted by Crippen LogP contribution is -2.06. The normalized spacial score (nSPS) is 13.6. The van der Waals surface area contributed by atoms with Crippen LogP contribution in [0.2, 0.25) is 0 Å². The van der Waals surface area contributed by atoms with E-state index in [9.17, 15) is 4.79 Å². The van der Waals surface area contributed by atoms with Crippen LogP contribution in [0.15, 0.2) is 36.7 Å². The second kappa shape index (κ2) is 5.95. The van der Waals surface area contributed by atoms with E-state index < -0.39 is 0 Å². The number of fused-ring (bicyclic) bond motifs is 1. The maximum absolute atomic E-state index is 12.7. The molecule has 0 spiro atoms. The van der Waals surface area contributed by atoms with Crippen molar-refractivity contribution in [2.75, 3.05) is 13.2 Å². The van der Waals surface area contributed by atoms with Gasteiger partial charge in [-0.2, -0.15) is 0 Å². The number of nitrogens with zero attached hydrogens (tertiary/aromatic N) is 1. The fraction of sp³-hybridized carbons (Fsp3) is 0.294. The van der Waals surface area contributed by atoms with E-state index in [4.69, 9.17) is 9.47 Å². The first-order valence-electron chi connectivity index (χ1n) is 7.17. The molecule has 0 atom stereocenters. The third-order valence-corrected chi connectivity index (χ3v) is 3.54. The summed E-state index contributed by atoms with van der Waals surface area (Å²) in [6.45, 7) is 3.27. The van der Waals surface area contributed by atoms with Gasteiger partial charge in [0.15, 0.2) is 17.3 Å². The van der Waals surface area contributed by atoms with Crippen LogP contribution in [0.4, 0.5) is 0 Å². The Morgan fingerprint density at radius 2 is 2.00 bits per heavy atom. The molecule has 3 rings (SSSR count). The molecule has 0 aliphatic carbocycles. The maximum Gasteiger partial charge on any atom is 0.193 e. The van der Waals surface area contributed by atoms with E-state index in [1.54, 1.807) is 36.7 Å². The summed E-state index contributed by atoms with van der Waals surface area (Å²) in [5.41, 5.74) is 2.26. The number of benzene rings is 1. The Bertz CT molecular complexity index is 667. The molecule has 0 bridgehead atoms. The molecule has 0 saturated heterocycles. The summed E-state index contributed by atoms with van der Waals surface area (Å²) in [4.78, 5) is 16.8. The van der Waals surface area contributed by atoms with Crippen LogP contribution in [0.25, 0.3) is 0 Å². The number of carbonyl (C=O) groups is 1. The largest absolute Gasteiger partial charge is 0.490 e. The topological polar surface area (TPSA) is 48.4 Å². The van der Waals surface area contributed by atoms with E-state index in [1.807, 2.05) is 6.92 Å². The highest BCUT2D eigenvalue weighted by atomic mass is 16.5. The van der Waals surface area contributed by atoms with Gasteiger partial charge in [0.1, 0.15) is 0 Å². The Morgan fingerprint density at radius 3 is 2.81 bits per heavy atom. The lowest BCUT2D eigenvalue weighted by Gasteiger charge is -2.10. The number of hydrogen-bond acceptors (Lipinski definition) is 4. The molecule has 1 aliphatic heterocycles. The van der Waals surface area contributed by atoms with Crippen LogP contribution in [0.3, 0.4) is 0 Å². The van der Waals surface area contributed by atoms with Crippen molar-refractivity contribution in [2.45, 2.75) is 19.8 Å². The monoisotopic (exact) mass is 283 g/mol. The van der Waals surface area contributed by atoms with Crippen molar-refractivity contribution in [3.63, 3.8) is 0 Å². The molecule has 2 aromatic rings. The molecule has 1 aromatic carbocycles. The lowest BCUT2D eigenvalue weighted by atomic mass is 9.98. The van der Waals surface area contributed by atoms with Gasteiger partial charge in [-0.1, -0.05) is 6.92 Å². The lowest BCUT2D eigenvalue weighted by molar-refractivity contribution is 0.103. The van der Waals surface area contributed by atoms with Gasteiger partial charge in [-0.05, 0) is 36.2 Å². The summed E-state index contributed by atoms with van der Waals surface area (Å²) in [6.07, 6.45) is 5.02. The third-order valence-electron chi connectivity index (χ3n) is 3.54. The summed E-state index contributed by atoms with van der Waals surface area (Å²) >= 11 is 0. The molecule has 0 N–H and O–H groups in total. The van der Waals surface area contributed by atoms with E-state index in [-0.39, 0.29) is 5.78 Å². The highest BCUT2D eigenvalue weighted by molar-refractivity contribution is 6.10. The van der Waals surface area contributed by atoms with Crippen molar-refractivity contribution in [2.24, 2.45) is 0 Å². The summed E-state index contributed by atoms with van der Waals surface area (Å²) in [7, 11) is 0. The summed E-state index contributed by atoms with van der Waals surface area (Å²) < 4.78 is 11.2. The van der Waals surface area contributed by atoms with Crippen molar-refractivity contribution in [1.82, 2.24) is 4.98 Å². The van der Waals surface area contributed by atoms with Crippen molar-refractivity contribution in [3.8, 4) is 11.5 Å². The van der Waals surface area contributed by atoms with Gasteiger partial charge in [-0.15, -0.1) is 0 Å². The van der Waals surface area contributed by atoms with E-state index in [2.05, 4.69) is 4.98 Å². The SMILES string of the molecule is CCc1cnccc1C(=O)c1ccc2c(c1)OCCCO2. The average Bonchev–Trinajstić information content (AvgIpc) is 2.78. The van der Waals surface area contributed by atoms with Crippen LogP contribution in [-0.4, -0.2) is 24.0 Å². The minimum atomic E-state index is -0.00935. The van der Waals surface area contributed by atoms with E-state index in [0.29, 0.717) is 35.8 Å². The van der Waals surface area contributed by atoms with Gasteiger partial charge in [0, 0.05) is 29.9 Å². The average molecular weight is 283 g/mol. The van der Waals surface area contributed by atoms with Gasteiger partial charge in [0.2, 0.25) is 0 Å². The maximum atomic E-state index is 12.7. The molecule has 108 valence electrons. The van der Waals surface area contributed by atoms with Gasteiger partial charge in [-0.25, -0.2) is 0 Å². The quantitative estimate of drug-likeness (QED) is 0.812. The second-order valence-electron chi connectivity index (χ2n) is 4.93. The number of ether oxygens (including phenoxy) is 2. The van der Waals surface area contributed by atoms with Gasteiger partial charge in [0.05, 0.1) is 13.2 Å². The number of aryl methyl sites for hydroxylation is 1. The fourth-order valence-corrected chi connectivity index (χ4v) is 2.39. The van der Waals surface area contributed by atoms with Crippen molar-refractivity contribution < 1.29 is 14.3 Å². The van der Waals surface area contributed by atoms with Crippen molar-refractivity contribution in [3.05, 3.63) is 53.3 Å². The summed E-state index contributed by atoms with van der Waals surface area (Å²) in [6, 6.07) is 7.13. The van der Waals surface area contributed by atoms with Gasteiger partial charge < -0.3 is 9.47 Å². The van der Waals surface area contributed by atoms with E-state index >= 15 is 0 Å². The van der Waals surface area contributed by atoms with Crippen LogP contribution in [0.5, 0.6) is 11.5 Å². The minimum Gasteiger partial charge on any atom is -0.490 e. The number of aromatic nitrogens is 1. The fourth-order valence-electron chi connectivity index (χ4n) is 2.39. The molecular formula is C17H17NO3. The number of rotatable bonds is 3. The Balaban J connectivity index is 1.97. The zero-order valence-electron chi connectivity index (χ0n) is 12.0. The summed E-state index contributed by atoms with van der Waals surface area (Å²) in [5, 5.41) is 0. The van der Waals surface area contributed by atoms with Crippen LogP contribution in [0.1, 0.15) is 34.8 Å². The Labute approximate surface area is 123 Å². The Hall–Kier alpha value is -2.36. The van der Waals surface area contributed by atoms with Gasteiger partial charge in [0.25, 0.3) is 0 Å². The first kappa shape index (κ1) is 13.6.